The van der Waals surface area contributed by atoms with Crippen LogP contribution < -0.4 is 5.32 Å². The van der Waals surface area contributed by atoms with E-state index < -0.39 is 18.5 Å². The SMILES string of the molecule is O=C(COC(=O)CSc1nc2ccccc2o1)Nc1cccnc1Cl. The minimum atomic E-state index is -0.556. The van der Waals surface area contributed by atoms with E-state index in [0.717, 1.165) is 11.8 Å². The summed E-state index contributed by atoms with van der Waals surface area (Å²) in [5.74, 6) is -1.08. The molecule has 25 heavy (non-hydrogen) atoms. The van der Waals surface area contributed by atoms with Crippen LogP contribution in [0.5, 0.6) is 0 Å². The lowest BCUT2D eigenvalue weighted by atomic mass is 10.3. The average Bonchev–Trinajstić information content (AvgIpc) is 3.03. The van der Waals surface area contributed by atoms with Crippen molar-refractivity contribution >= 4 is 52.0 Å². The second-order valence-electron chi connectivity index (χ2n) is 4.79. The first-order valence-corrected chi connectivity index (χ1v) is 8.52. The average molecular weight is 378 g/mol. The van der Waals surface area contributed by atoms with Crippen molar-refractivity contribution in [2.45, 2.75) is 5.22 Å². The third-order valence-corrected chi connectivity index (χ3v) is 4.09. The molecule has 9 heteroatoms. The number of para-hydroxylation sites is 2. The highest BCUT2D eigenvalue weighted by atomic mass is 35.5. The number of thioether (sulfide) groups is 1. The Bertz CT molecular complexity index is 882. The first kappa shape index (κ1) is 17.2. The van der Waals surface area contributed by atoms with Crippen LogP contribution in [0.15, 0.2) is 52.2 Å². The van der Waals surface area contributed by atoms with Crippen LogP contribution in [0.1, 0.15) is 0 Å². The Labute approximate surface area is 151 Å². The summed E-state index contributed by atoms with van der Waals surface area (Å²) < 4.78 is 10.4. The van der Waals surface area contributed by atoms with Crippen LogP contribution >= 0.6 is 23.4 Å². The lowest BCUT2D eigenvalue weighted by Crippen LogP contribution is -2.21. The van der Waals surface area contributed by atoms with Gasteiger partial charge in [-0.05, 0) is 24.3 Å². The summed E-state index contributed by atoms with van der Waals surface area (Å²) in [7, 11) is 0. The molecule has 0 aliphatic carbocycles. The van der Waals surface area contributed by atoms with Crippen molar-refractivity contribution in [3.63, 3.8) is 0 Å². The fourth-order valence-corrected chi connectivity index (χ4v) is 2.69. The number of carbonyl (C=O) groups is 2. The highest BCUT2D eigenvalue weighted by Gasteiger charge is 2.12. The second kappa shape index (κ2) is 8.00. The number of benzene rings is 1. The molecule has 1 N–H and O–H groups in total. The summed E-state index contributed by atoms with van der Waals surface area (Å²) >= 11 is 6.93. The van der Waals surface area contributed by atoms with Gasteiger partial charge in [0, 0.05) is 6.20 Å². The number of nitrogens with one attached hydrogen (secondary N) is 1. The predicted octanol–water partition coefficient (Wildman–Crippen LogP) is 3.15. The van der Waals surface area contributed by atoms with Crippen molar-refractivity contribution in [2.75, 3.05) is 17.7 Å². The molecule has 0 saturated heterocycles. The van der Waals surface area contributed by atoms with Crippen molar-refractivity contribution in [1.82, 2.24) is 9.97 Å². The Morgan fingerprint density at radius 1 is 1.24 bits per heavy atom. The Kier molecular flexibility index (Phi) is 5.52. The molecular weight excluding hydrogens is 366 g/mol. The summed E-state index contributed by atoms with van der Waals surface area (Å²) in [6.45, 7) is -0.418. The number of carbonyl (C=O) groups excluding carboxylic acids is 2. The van der Waals surface area contributed by atoms with Crippen molar-refractivity contribution < 1.29 is 18.7 Å². The number of ether oxygens (including phenoxy) is 1. The molecule has 3 rings (SSSR count). The number of amides is 1. The van der Waals surface area contributed by atoms with Crippen molar-refractivity contribution in [1.29, 1.82) is 0 Å². The normalized spacial score (nSPS) is 10.6. The number of rotatable bonds is 6. The van der Waals surface area contributed by atoms with Gasteiger partial charge in [0.05, 0.1) is 5.69 Å². The number of aromatic nitrogens is 2. The Balaban J connectivity index is 1.44. The minimum absolute atomic E-state index is 0.0201. The lowest BCUT2D eigenvalue weighted by molar-refractivity contribution is -0.144. The molecule has 0 bridgehead atoms. The number of nitrogens with zero attached hydrogens (tertiary/aromatic N) is 2. The van der Waals surface area contributed by atoms with Gasteiger partial charge in [-0.1, -0.05) is 35.5 Å². The third-order valence-electron chi connectivity index (χ3n) is 2.99. The molecule has 0 aliphatic heterocycles. The molecule has 2 aromatic heterocycles. The zero-order chi connectivity index (χ0) is 17.6. The largest absolute Gasteiger partial charge is 0.455 e. The van der Waals surface area contributed by atoms with Crippen molar-refractivity contribution in [3.8, 4) is 0 Å². The molecule has 128 valence electrons. The summed E-state index contributed by atoms with van der Waals surface area (Å²) in [4.78, 5) is 31.5. The first-order valence-electron chi connectivity index (χ1n) is 7.16. The lowest BCUT2D eigenvalue weighted by Gasteiger charge is -2.06. The van der Waals surface area contributed by atoms with E-state index in [4.69, 9.17) is 20.8 Å². The molecule has 1 aromatic carbocycles. The summed E-state index contributed by atoms with van der Waals surface area (Å²) in [5.41, 5.74) is 1.71. The molecule has 3 aromatic rings. The maximum Gasteiger partial charge on any atom is 0.316 e. The molecule has 1 amide bonds. The van der Waals surface area contributed by atoms with Gasteiger partial charge in [0.2, 0.25) is 0 Å². The highest BCUT2D eigenvalue weighted by molar-refractivity contribution is 7.99. The number of hydrogen-bond donors (Lipinski definition) is 1. The van der Waals surface area contributed by atoms with Crippen LogP contribution in [0.3, 0.4) is 0 Å². The first-order chi connectivity index (χ1) is 12.1. The zero-order valence-corrected chi connectivity index (χ0v) is 14.3. The van der Waals surface area contributed by atoms with Crippen LogP contribution in [0.4, 0.5) is 5.69 Å². The van der Waals surface area contributed by atoms with E-state index in [1.54, 1.807) is 18.2 Å². The molecule has 0 fully saturated rings. The van der Waals surface area contributed by atoms with Gasteiger partial charge in [-0.25, -0.2) is 9.97 Å². The van der Waals surface area contributed by atoms with Gasteiger partial charge in [-0.15, -0.1) is 0 Å². The van der Waals surface area contributed by atoms with E-state index in [1.165, 1.54) is 6.20 Å². The molecular formula is C16H12ClN3O4S. The molecule has 2 heterocycles. The topological polar surface area (TPSA) is 94.3 Å². The molecule has 0 atom stereocenters. The monoisotopic (exact) mass is 377 g/mol. The minimum Gasteiger partial charge on any atom is -0.455 e. The number of esters is 1. The van der Waals surface area contributed by atoms with Gasteiger partial charge < -0.3 is 14.5 Å². The Morgan fingerprint density at radius 2 is 2.08 bits per heavy atom. The number of halogens is 1. The fourth-order valence-electron chi connectivity index (χ4n) is 1.89. The number of hydrogen-bond acceptors (Lipinski definition) is 7. The second-order valence-corrected chi connectivity index (χ2v) is 6.07. The smallest absolute Gasteiger partial charge is 0.316 e. The quantitative estimate of drug-likeness (QED) is 0.400. The van der Waals surface area contributed by atoms with Crippen LogP contribution in [0, 0.1) is 0 Å². The van der Waals surface area contributed by atoms with Crippen LogP contribution in [0.25, 0.3) is 11.1 Å². The van der Waals surface area contributed by atoms with Gasteiger partial charge in [0.1, 0.15) is 11.3 Å². The molecule has 7 nitrogen and oxygen atoms in total. The van der Waals surface area contributed by atoms with Crippen LogP contribution in [-0.4, -0.2) is 34.2 Å². The standard InChI is InChI=1S/C16H12ClN3O4S/c17-15-11(5-3-7-18-15)19-13(21)8-23-14(22)9-25-16-20-10-4-1-2-6-12(10)24-16/h1-7H,8-9H2,(H,19,21). The van der Waals surface area contributed by atoms with Gasteiger partial charge in [0.15, 0.2) is 17.3 Å². The molecule has 0 radical (unpaired) electrons. The maximum atomic E-state index is 11.7. The summed E-state index contributed by atoms with van der Waals surface area (Å²) in [6, 6.07) is 10.5. The van der Waals surface area contributed by atoms with E-state index in [1.807, 2.05) is 18.2 Å². The van der Waals surface area contributed by atoms with E-state index >= 15 is 0 Å². The van der Waals surface area contributed by atoms with E-state index in [-0.39, 0.29) is 10.9 Å². The van der Waals surface area contributed by atoms with E-state index in [2.05, 4.69) is 15.3 Å². The number of pyridine rings is 1. The van der Waals surface area contributed by atoms with Gasteiger partial charge in [-0.3, -0.25) is 9.59 Å². The predicted molar refractivity (Wildman–Crippen MR) is 93.6 cm³/mol. The van der Waals surface area contributed by atoms with Gasteiger partial charge in [-0.2, -0.15) is 0 Å². The molecule has 0 aliphatic rings. The van der Waals surface area contributed by atoms with Crippen molar-refractivity contribution in [3.05, 3.63) is 47.7 Å². The Morgan fingerprint density at radius 3 is 2.88 bits per heavy atom. The van der Waals surface area contributed by atoms with E-state index in [9.17, 15) is 9.59 Å². The summed E-state index contributed by atoms with van der Waals surface area (Å²) in [6.07, 6.45) is 1.50. The number of fused-ring (bicyclic) bond motifs is 1. The third kappa shape index (κ3) is 4.71. The maximum absolute atomic E-state index is 11.7. The Hall–Kier alpha value is -2.58. The van der Waals surface area contributed by atoms with E-state index in [0.29, 0.717) is 22.0 Å². The highest BCUT2D eigenvalue weighted by Crippen LogP contribution is 2.23. The number of oxazole rings is 1. The van der Waals surface area contributed by atoms with Crippen LogP contribution in [0.2, 0.25) is 5.15 Å². The summed E-state index contributed by atoms with van der Waals surface area (Å²) in [5, 5.41) is 3.04. The number of anilines is 1. The van der Waals surface area contributed by atoms with Gasteiger partial charge in [0.25, 0.3) is 11.1 Å². The van der Waals surface area contributed by atoms with Crippen LogP contribution in [-0.2, 0) is 14.3 Å². The van der Waals surface area contributed by atoms with Gasteiger partial charge >= 0.3 is 5.97 Å². The zero-order valence-electron chi connectivity index (χ0n) is 12.8. The molecule has 0 unspecified atom stereocenters. The fraction of sp³-hybridized carbons (Fsp3) is 0.125. The molecule has 0 spiro atoms. The van der Waals surface area contributed by atoms with Crippen molar-refractivity contribution in [2.24, 2.45) is 0 Å². The molecule has 0 saturated carbocycles.